The zero-order chi connectivity index (χ0) is 19.5. The molecule has 138 valence electrons. The van der Waals surface area contributed by atoms with Crippen molar-refractivity contribution < 1.29 is 9.18 Å². The van der Waals surface area contributed by atoms with Gasteiger partial charge in [0.05, 0.1) is 11.4 Å². The maximum absolute atomic E-state index is 14.2. The summed E-state index contributed by atoms with van der Waals surface area (Å²) < 4.78 is 15.8. The number of pyridine rings is 3. The average molecular weight is 374 g/mol. The molecule has 7 nitrogen and oxygen atoms in total. The third-order valence-corrected chi connectivity index (χ3v) is 4.00. The first-order chi connectivity index (χ1) is 13.6. The molecule has 0 spiro atoms. The van der Waals surface area contributed by atoms with E-state index in [0.29, 0.717) is 22.6 Å². The van der Waals surface area contributed by atoms with Crippen molar-refractivity contribution in [2.24, 2.45) is 7.05 Å². The van der Waals surface area contributed by atoms with E-state index in [2.05, 4.69) is 25.4 Å². The van der Waals surface area contributed by atoms with Gasteiger partial charge in [0.25, 0.3) is 5.91 Å². The van der Waals surface area contributed by atoms with Crippen LogP contribution >= 0.6 is 0 Å². The molecule has 8 heteroatoms. The molecule has 0 aromatic carbocycles. The molecule has 0 unspecified atom stereocenters. The number of amides is 1. The molecule has 0 radical (unpaired) electrons. The Bertz CT molecular complexity index is 1130. The Morgan fingerprint density at radius 3 is 2.71 bits per heavy atom. The lowest BCUT2D eigenvalue weighted by atomic mass is 10.1. The van der Waals surface area contributed by atoms with Crippen molar-refractivity contribution in [2.75, 3.05) is 5.32 Å². The summed E-state index contributed by atoms with van der Waals surface area (Å²) in [5.74, 6) is -1.00. The summed E-state index contributed by atoms with van der Waals surface area (Å²) in [5.41, 5.74) is 2.28. The van der Waals surface area contributed by atoms with Gasteiger partial charge in [0.1, 0.15) is 22.9 Å². The number of nitrogens with zero attached hydrogens (tertiary/aromatic N) is 5. The largest absolute Gasteiger partial charge is 0.317 e. The van der Waals surface area contributed by atoms with E-state index in [1.54, 1.807) is 54.6 Å². The van der Waals surface area contributed by atoms with Crippen molar-refractivity contribution in [1.29, 1.82) is 0 Å². The van der Waals surface area contributed by atoms with Gasteiger partial charge in [-0.2, -0.15) is 5.10 Å². The summed E-state index contributed by atoms with van der Waals surface area (Å²) in [6, 6.07) is 11.3. The first-order valence-electron chi connectivity index (χ1n) is 8.45. The van der Waals surface area contributed by atoms with E-state index in [1.807, 2.05) is 6.07 Å². The maximum atomic E-state index is 14.2. The molecule has 0 saturated heterocycles. The van der Waals surface area contributed by atoms with Crippen molar-refractivity contribution in [3.05, 3.63) is 78.8 Å². The van der Waals surface area contributed by atoms with Gasteiger partial charge in [0.2, 0.25) is 0 Å². The summed E-state index contributed by atoms with van der Waals surface area (Å²) in [6.45, 7) is 0. The molecule has 28 heavy (non-hydrogen) atoms. The molecule has 4 aromatic heterocycles. The Morgan fingerprint density at radius 1 is 1.07 bits per heavy atom. The van der Waals surface area contributed by atoms with Gasteiger partial charge < -0.3 is 5.32 Å². The van der Waals surface area contributed by atoms with E-state index in [0.717, 1.165) is 0 Å². The van der Waals surface area contributed by atoms with Crippen LogP contribution in [0.5, 0.6) is 0 Å². The molecule has 1 amide bonds. The second-order valence-electron chi connectivity index (χ2n) is 6.00. The van der Waals surface area contributed by atoms with Crippen molar-refractivity contribution in [3.63, 3.8) is 0 Å². The van der Waals surface area contributed by atoms with Crippen LogP contribution in [0.4, 0.5) is 10.1 Å². The SMILES string of the molecule is Cn1cc(NC(=O)c2ccc(F)c(-c3cccnc3)n2)c(-c2ccccn2)n1. The zero-order valence-corrected chi connectivity index (χ0v) is 14.9. The topological polar surface area (TPSA) is 85.6 Å². The van der Waals surface area contributed by atoms with Gasteiger partial charge in [-0.15, -0.1) is 0 Å². The molecule has 0 fully saturated rings. The van der Waals surface area contributed by atoms with Crippen molar-refractivity contribution in [1.82, 2.24) is 24.7 Å². The molecule has 0 aliphatic rings. The smallest absolute Gasteiger partial charge is 0.274 e. The number of nitrogens with one attached hydrogen (secondary N) is 1. The van der Waals surface area contributed by atoms with Crippen LogP contribution in [0.2, 0.25) is 0 Å². The number of hydrogen-bond donors (Lipinski definition) is 1. The maximum Gasteiger partial charge on any atom is 0.274 e. The Balaban J connectivity index is 1.66. The number of carbonyl (C=O) groups excluding carboxylic acids is 1. The Hall–Kier alpha value is -3.94. The zero-order valence-electron chi connectivity index (χ0n) is 14.9. The molecule has 0 aliphatic heterocycles. The highest BCUT2D eigenvalue weighted by molar-refractivity contribution is 6.04. The lowest BCUT2D eigenvalue weighted by molar-refractivity contribution is 0.102. The van der Waals surface area contributed by atoms with Gasteiger partial charge >= 0.3 is 0 Å². The minimum absolute atomic E-state index is 0.0666. The predicted octanol–water partition coefficient (Wildman–Crippen LogP) is 3.33. The first kappa shape index (κ1) is 17.5. The lowest BCUT2D eigenvalue weighted by Crippen LogP contribution is -2.14. The van der Waals surface area contributed by atoms with Crippen molar-refractivity contribution >= 4 is 11.6 Å². The summed E-state index contributed by atoms with van der Waals surface area (Å²) in [4.78, 5) is 25.1. The molecular formula is C20H15FN6O. The number of carbonyl (C=O) groups is 1. The molecule has 0 atom stereocenters. The highest BCUT2D eigenvalue weighted by Crippen LogP contribution is 2.25. The number of halogens is 1. The minimum atomic E-state index is -0.528. The van der Waals surface area contributed by atoms with Crippen molar-refractivity contribution in [2.45, 2.75) is 0 Å². The van der Waals surface area contributed by atoms with Crippen LogP contribution in [0.3, 0.4) is 0 Å². The van der Waals surface area contributed by atoms with E-state index in [1.165, 1.54) is 18.3 Å². The van der Waals surface area contributed by atoms with E-state index in [4.69, 9.17) is 0 Å². The second-order valence-corrected chi connectivity index (χ2v) is 6.00. The van der Waals surface area contributed by atoms with Crippen LogP contribution in [-0.4, -0.2) is 30.6 Å². The van der Waals surface area contributed by atoms with E-state index in [-0.39, 0.29) is 11.4 Å². The molecule has 0 aliphatic carbocycles. The number of anilines is 1. The van der Waals surface area contributed by atoms with Crippen molar-refractivity contribution in [3.8, 4) is 22.6 Å². The van der Waals surface area contributed by atoms with Crippen LogP contribution < -0.4 is 5.32 Å². The summed E-state index contributed by atoms with van der Waals surface area (Å²) in [5, 5.41) is 7.14. The highest BCUT2D eigenvalue weighted by Gasteiger charge is 2.17. The first-order valence-corrected chi connectivity index (χ1v) is 8.45. The monoisotopic (exact) mass is 374 g/mol. The van der Waals surface area contributed by atoms with Crippen LogP contribution in [0.25, 0.3) is 22.6 Å². The molecule has 1 N–H and O–H groups in total. The van der Waals surface area contributed by atoms with Gasteiger partial charge in [-0.05, 0) is 36.4 Å². The third-order valence-electron chi connectivity index (χ3n) is 4.00. The predicted molar refractivity (Wildman–Crippen MR) is 102 cm³/mol. The Labute approximate surface area is 159 Å². The standard InChI is InChI=1S/C20H15FN6O/c1-27-12-17(19(26-27)15-6-2-3-10-23-15)25-20(28)16-8-7-14(21)18(24-16)13-5-4-9-22-11-13/h2-12H,1H3,(H,25,28). The Morgan fingerprint density at radius 2 is 1.96 bits per heavy atom. The van der Waals surface area contributed by atoms with Crippen LogP contribution in [0, 0.1) is 5.82 Å². The van der Waals surface area contributed by atoms with Crippen LogP contribution in [0.1, 0.15) is 10.5 Å². The number of aromatic nitrogens is 5. The van der Waals surface area contributed by atoms with Crippen LogP contribution in [-0.2, 0) is 7.05 Å². The normalized spacial score (nSPS) is 10.6. The summed E-state index contributed by atoms with van der Waals surface area (Å²) in [7, 11) is 1.75. The quantitative estimate of drug-likeness (QED) is 0.592. The van der Waals surface area contributed by atoms with Gasteiger partial charge in [0, 0.05) is 37.4 Å². The van der Waals surface area contributed by atoms with Gasteiger partial charge in [-0.1, -0.05) is 6.07 Å². The van der Waals surface area contributed by atoms with Gasteiger partial charge in [0.15, 0.2) is 0 Å². The number of aryl methyl sites for hydroxylation is 1. The fourth-order valence-electron chi connectivity index (χ4n) is 2.73. The fraction of sp³-hybridized carbons (Fsp3) is 0.0500. The average Bonchev–Trinajstić information content (AvgIpc) is 3.09. The molecule has 0 saturated carbocycles. The Kier molecular flexibility index (Phi) is 4.59. The molecule has 4 aromatic rings. The number of hydrogen-bond acceptors (Lipinski definition) is 5. The molecule has 0 bridgehead atoms. The highest BCUT2D eigenvalue weighted by atomic mass is 19.1. The summed E-state index contributed by atoms with van der Waals surface area (Å²) >= 11 is 0. The molecular weight excluding hydrogens is 359 g/mol. The van der Waals surface area contributed by atoms with E-state index in [9.17, 15) is 9.18 Å². The molecule has 4 heterocycles. The minimum Gasteiger partial charge on any atom is -0.317 e. The second kappa shape index (κ2) is 7.36. The van der Waals surface area contributed by atoms with E-state index < -0.39 is 11.7 Å². The fourth-order valence-corrected chi connectivity index (χ4v) is 2.73. The van der Waals surface area contributed by atoms with E-state index >= 15 is 0 Å². The van der Waals surface area contributed by atoms with Gasteiger partial charge in [-0.3, -0.25) is 19.4 Å². The van der Waals surface area contributed by atoms with Crippen LogP contribution in [0.15, 0.2) is 67.3 Å². The lowest BCUT2D eigenvalue weighted by Gasteiger charge is -2.07. The third kappa shape index (κ3) is 3.48. The summed E-state index contributed by atoms with van der Waals surface area (Å²) in [6.07, 6.45) is 6.40. The van der Waals surface area contributed by atoms with Gasteiger partial charge in [-0.25, -0.2) is 9.37 Å². The number of rotatable bonds is 4. The molecule has 4 rings (SSSR count).